The molecule has 0 unspecified atom stereocenters. The molecule has 0 saturated carbocycles. The summed E-state index contributed by atoms with van der Waals surface area (Å²) in [4.78, 5) is 11.4. The Morgan fingerprint density at radius 1 is 1.44 bits per heavy atom. The molecule has 1 rings (SSSR count). The predicted molar refractivity (Wildman–Crippen MR) is 62.9 cm³/mol. The SMILES string of the molecule is CC1=CC(=O)CC(C)(C)/C1=C\[C@H](O)[C@H](C)O. The summed E-state index contributed by atoms with van der Waals surface area (Å²) < 4.78 is 0. The summed E-state index contributed by atoms with van der Waals surface area (Å²) in [6, 6.07) is 0. The number of allylic oxidation sites excluding steroid dienone is 3. The Morgan fingerprint density at radius 3 is 2.44 bits per heavy atom. The normalized spacial score (nSPS) is 26.5. The molecule has 90 valence electrons. The third kappa shape index (κ3) is 2.80. The van der Waals surface area contributed by atoms with Crippen molar-refractivity contribution in [3.63, 3.8) is 0 Å². The third-order valence-corrected chi connectivity index (χ3v) is 2.98. The van der Waals surface area contributed by atoms with Gasteiger partial charge >= 0.3 is 0 Å². The highest BCUT2D eigenvalue weighted by molar-refractivity contribution is 5.93. The first kappa shape index (κ1) is 13.1. The molecule has 16 heavy (non-hydrogen) atoms. The molecule has 0 saturated heterocycles. The second-order valence-corrected chi connectivity index (χ2v) is 5.17. The average Bonchev–Trinajstić information content (AvgIpc) is 2.09. The standard InChI is InChI=1S/C13H20O3/c1-8-5-10(15)7-13(3,4)11(8)6-12(16)9(2)14/h5-6,9,12,14,16H,7H2,1-4H3/b11-6-/t9-,12-/m0/s1. The summed E-state index contributed by atoms with van der Waals surface area (Å²) in [5, 5.41) is 18.9. The van der Waals surface area contributed by atoms with E-state index in [9.17, 15) is 15.0 Å². The second kappa shape index (κ2) is 4.52. The molecule has 0 radical (unpaired) electrons. The summed E-state index contributed by atoms with van der Waals surface area (Å²) in [6.45, 7) is 7.35. The molecule has 0 spiro atoms. The fourth-order valence-corrected chi connectivity index (χ4v) is 2.10. The Kier molecular flexibility index (Phi) is 3.71. The Balaban J connectivity index is 3.10. The first-order valence-electron chi connectivity index (χ1n) is 5.54. The molecule has 0 heterocycles. The first-order chi connectivity index (χ1) is 7.24. The van der Waals surface area contributed by atoms with Crippen LogP contribution >= 0.6 is 0 Å². The van der Waals surface area contributed by atoms with Crippen LogP contribution in [0.5, 0.6) is 0 Å². The summed E-state index contributed by atoms with van der Waals surface area (Å²) in [6.07, 6.45) is 2.02. The molecule has 1 aliphatic carbocycles. The number of hydrogen-bond acceptors (Lipinski definition) is 3. The molecular formula is C13H20O3. The highest BCUT2D eigenvalue weighted by Crippen LogP contribution is 2.39. The molecule has 0 fully saturated rings. The topological polar surface area (TPSA) is 57.5 Å². The van der Waals surface area contributed by atoms with E-state index in [4.69, 9.17) is 0 Å². The first-order valence-corrected chi connectivity index (χ1v) is 5.54. The van der Waals surface area contributed by atoms with Gasteiger partial charge in [0.05, 0.1) is 12.2 Å². The van der Waals surface area contributed by atoms with E-state index in [0.29, 0.717) is 6.42 Å². The van der Waals surface area contributed by atoms with Crippen molar-refractivity contribution in [1.29, 1.82) is 0 Å². The molecule has 0 aromatic heterocycles. The van der Waals surface area contributed by atoms with Crippen LogP contribution in [-0.2, 0) is 4.79 Å². The number of carbonyl (C=O) groups excluding carboxylic acids is 1. The van der Waals surface area contributed by atoms with Gasteiger partial charge in [-0.3, -0.25) is 4.79 Å². The molecular weight excluding hydrogens is 204 g/mol. The number of aliphatic hydroxyl groups excluding tert-OH is 2. The third-order valence-electron chi connectivity index (χ3n) is 2.98. The van der Waals surface area contributed by atoms with Crippen molar-refractivity contribution in [2.75, 3.05) is 0 Å². The van der Waals surface area contributed by atoms with Crippen molar-refractivity contribution in [3.05, 3.63) is 23.3 Å². The zero-order valence-corrected chi connectivity index (χ0v) is 10.3. The molecule has 0 bridgehead atoms. The van der Waals surface area contributed by atoms with Crippen molar-refractivity contribution in [2.45, 2.75) is 46.3 Å². The van der Waals surface area contributed by atoms with E-state index in [2.05, 4.69) is 0 Å². The highest BCUT2D eigenvalue weighted by atomic mass is 16.3. The van der Waals surface area contributed by atoms with Crippen LogP contribution in [0.2, 0.25) is 0 Å². The molecule has 2 N–H and O–H groups in total. The minimum atomic E-state index is -0.883. The van der Waals surface area contributed by atoms with Gasteiger partial charge in [-0.25, -0.2) is 0 Å². The van der Waals surface area contributed by atoms with Gasteiger partial charge in [-0.1, -0.05) is 13.8 Å². The van der Waals surface area contributed by atoms with E-state index in [0.717, 1.165) is 11.1 Å². The number of carbonyl (C=O) groups is 1. The van der Waals surface area contributed by atoms with Crippen LogP contribution in [0.3, 0.4) is 0 Å². The molecule has 0 aromatic rings. The van der Waals surface area contributed by atoms with Crippen LogP contribution in [0, 0.1) is 5.41 Å². The largest absolute Gasteiger partial charge is 0.390 e. The maximum Gasteiger partial charge on any atom is 0.156 e. The zero-order valence-electron chi connectivity index (χ0n) is 10.3. The maximum atomic E-state index is 11.4. The van der Waals surface area contributed by atoms with Gasteiger partial charge < -0.3 is 10.2 Å². The predicted octanol–water partition coefficient (Wildman–Crippen LogP) is 1.60. The lowest BCUT2D eigenvalue weighted by molar-refractivity contribution is -0.116. The van der Waals surface area contributed by atoms with Crippen LogP contribution in [-0.4, -0.2) is 28.2 Å². The van der Waals surface area contributed by atoms with Gasteiger partial charge in [0, 0.05) is 6.42 Å². The van der Waals surface area contributed by atoms with Crippen molar-refractivity contribution >= 4 is 5.78 Å². The van der Waals surface area contributed by atoms with Crippen LogP contribution in [0.15, 0.2) is 23.3 Å². The van der Waals surface area contributed by atoms with Gasteiger partial charge in [-0.05, 0) is 42.6 Å². The summed E-state index contributed by atoms with van der Waals surface area (Å²) in [5.74, 6) is 0.117. The van der Waals surface area contributed by atoms with Crippen molar-refractivity contribution < 1.29 is 15.0 Å². The molecule has 0 aliphatic heterocycles. The molecule has 0 aromatic carbocycles. The van der Waals surface area contributed by atoms with Crippen molar-refractivity contribution in [2.24, 2.45) is 5.41 Å². The summed E-state index contributed by atoms with van der Waals surface area (Å²) in [7, 11) is 0. The smallest absolute Gasteiger partial charge is 0.156 e. The van der Waals surface area contributed by atoms with E-state index in [1.165, 1.54) is 0 Å². The Bertz CT molecular complexity index is 348. The van der Waals surface area contributed by atoms with Gasteiger partial charge in [-0.15, -0.1) is 0 Å². The van der Waals surface area contributed by atoms with E-state index in [-0.39, 0.29) is 11.2 Å². The fraction of sp³-hybridized carbons (Fsp3) is 0.615. The average molecular weight is 224 g/mol. The molecule has 1 aliphatic rings. The number of aliphatic hydroxyl groups is 2. The van der Waals surface area contributed by atoms with Gasteiger partial charge in [-0.2, -0.15) is 0 Å². The Hall–Kier alpha value is -0.930. The molecule has 2 atom stereocenters. The monoisotopic (exact) mass is 224 g/mol. The van der Waals surface area contributed by atoms with Crippen LogP contribution < -0.4 is 0 Å². The quantitative estimate of drug-likeness (QED) is 0.749. The Labute approximate surface area is 96.5 Å². The van der Waals surface area contributed by atoms with E-state index in [1.54, 1.807) is 19.1 Å². The lowest BCUT2D eigenvalue weighted by Gasteiger charge is -2.32. The summed E-state index contributed by atoms with van der Waals surface area (Å²) in [5.41, 5.74) is 1.55. The minimum Gasteiger partial charge on any atom is -0.390 e. The maximum absolute atomic E-state index is 11.4. The van der Waals surface area contributed by atoms with Gasteiger partial charge in [0.15, 0.2) is 5.78 Å². The Morgan fingerprint density at radius 2 is 2.00 bits per heavy atom. The van der Waals surface area contributed by atoms with Crippen LogP contribution in [0.25, 0.3) is 0 Å². The van der Waals surface area contributed by atoms with Gasteiger partial charge in [0.25, 0.3) is 0 Å². The van der Waals surface area contributed by atoms with Crippen molar-refractivity contribution in [1.82, 2.24) is 0 Å². The fourth-order valence-electron chi connectivity index (χ4n) is 2.10. The van der Waals surface area contributed by atoms with E-state index >= 15 is 0 Å². The highest BCUT2D eigenvalue weighted by Gasteiger charge is 2.31. The molecule has 0 amide bonds. The molecule has 3 heteroatoms. The second-order valence-electron chi connectivity index (χ2n) is 5.17. The number of hydrogen-bond donors (Lipinski definition) is 2. The van der Waals surface area contributed by atoms with Crippen LogP contribution in [0.1, 0.15) is 34.1 Å². The van der Waals surface area contributed by atoms with E-state index < -0.39 is 12.2 Å². The van der Waals surface area contributed by atoms with Gasteiger partial charge in [0.1, 0.15) is 0 Å². The number of rotatable bonds is 2. The summed E-state index contributed by atoms with van der Waals surface area (Å²) >= 11 is 0. The minimum absolute atomic E-state index is 0.117. The zero-order chi connectivity index (χ0) is 12.5. The van der Waals surface area contributed by atoms with Crippen molar-refractivity contribution in [3.8, 4) is 0 Å². The molecule has 3 nitrogen and oxygen atoms in total. The van der Waals surface area contributed by atoms with Crippen LogP contribution in [0.4, 0.5) is 0 Å². The lowest BCUT2D eigenvalue weighted by atomic mass is 9.72. The lowest BCUT2D eigenvalue weighted by Crippen LogP contribution is -2.28. The number of ketones is 1. The van der Waals surface area contributed by atoms with Gasteiger partial charge in [0.2, 0.25) is 0 Å². The van der Waals surface area contributed by atoms with E-state index in [1.807, 2.05) is 20.8 Å².